The van der Waals surface area contributed by atoms with E-state index in [1.165, 1.54) is 16.9 Å². The highest BCUT2D eigenvalue weighted by Gasteiger charge is 2.22. The van der Waals surface area contributed by atoms with Crippen LogP contribution in [0.2, 0.25) is 0 Å². The molecule has 7 nitrogen and oxygen atoms in total. The van der Waals surface area contributed by atoms with Gasteiger partial charge in [0.05, 0.1) is 14.2 Å². The number of piperidine rings is 1. The highest BCUT2D eigenvalue weighted by atomic mass is 32.1. The lowest BCUT2D eigenvalue weighted by Crippen LogP contribution is -2.44. The minimum absolute atomic E-state index is 0.122. The minimum Gasteiger partial charge on any atom is -0.493 e. The van der Waals surface area contributed by atoms with Crippen LogP contribution in [0.15, 0.2) is 53.9 Å². The molecule has 8 heteroatoms. The van der Waals surface area contributed by atoms with Crippen LogP contribution >= 0.6 is 11.3 Å². The van der Waals surface area contributed by atoms with E-state index in [-0.39, 0.29) is 11.9 Å². The van der Waals surface area contributed by atoms with Gasteiger partial charge in [0.1, 0.15) is 5.69 Å². The molecule has 0 saturated carbocycles. The first-order valence-corrected chi connectivity index (χ1v) is 11.5. The van der Waals surface area contributed by atoms with Crippen molar-refractivity contribution in [1.29, 1.82) is 0 Å². The Morgan fingerprint density at radius 1 is 1.09 bits per heavy atom. The third-order valence-corrected chi connectivity index (χ3v) is 6.30. The van der Waals surface area contributed by atoms with Crippen molar-refractivity contribution >= 4 is 28.1 Å². The Hall–Kier alpha value is -3.10. The Kier molecular flexibility index (Phi) is 7.24. The molecule has 0 spiro atoms. The summed E-state index contributed by atoms with van der Waals surface area (Å²) in [5, 5.41) is 8.80. The number of nitrogens with one attached hydrogen (secondary N) is 2. The van der Waals surface area contributed by atoms with Crippen LogP contribution in [0.3, 0.4) is 0 Å². The second-order valence-corrected chi connectivity index (χ2v) is 8.60. The summed E-state index contributed by atoms with van der Waals surface area (Å²) in [7, 11) is 3.20. The van der Waals surface area contributed by atoms with Gasteiger partial charge >= 0.3 is 0 Å². The van der Waals surface area contributed by atoms with E-state index >= 15 is 0 Å². The number of carbonyl (C=O) groups is 1. The fourth-order valence-corrected chi connectivity index (χ4v) is 4.52. The van der Waals surface area contributed by atoms with E-state index in [1.807, 2.05) is 24.3 Å². The normalized spacial score (nSPS) is 14.7. The van der Waals surface area contributed by atoms with Gasteiger partial charge in [-0.05, 0) is 30.5 Å². The van der Waals surface area contributed by atoms with Crippen molar-refractivity contribution in [2.24, 2.45) is 0 Å². The van der Waals surface area contributed by atoms with Gasteiger partial charge < -0.3 is 20.1 Å². The predicted octanol–water partition coefficient (Wildman–Crippen LogP) is 4.30. The summed E-state index contributed by atoms with van der Waals surface area (Å²) in [5.41, 5.74) is 2.58. The Balaban J connectivity index is 1.28. The van der Waals surface area contributed by atoms with Crippen LogP contribution in [0.25, 0.3) is 0 Å². The number of nitrogens with zero attached hydrogens (tertiary/aromatic N) is 2. The van der Waals surface area contributed by atoms with Crippen LogP contribution in [-0.2, 0) is 6.54 Å². The van der Waals surface area contributed by atoms with E-state index in [0.717, 1.165) is 38.2 Å². The molecule has 1 aliphatic heterocycles. The lowest BCUT2D eigenvalue weighted by atomic mass is 10.0. The number of amides is 1. The average molecular weight is 453 g/mol. The summed E-state index contributed by atoms with van der Waals surface area (Å²) in [6, 6.07) is 16.2. The second kappa shape index (κ2) is 10.5. The quantitative estimate of drug-likeness (QED) is 0.531. The van der Waals surface area contributed by atoms with E-state index in [4.69, 9.17) is 9.47 Å². The van der Waals surface area contributed by atoms with Crippen molar-refractivity contribution in [3.63, 3.8) is 0 Å². The molecule has 32 heavy (non-hydrogen) atoms. The summed E-state index contributed by atoms with van der Waals surface area (Å²) < 4.78 is 10.6. The molecular formula is C24H28N4O3S. The molecule has 0 bridgehead atoms. The third-order valence-electron chi connectivity index (χ3n) is 5.54. The van der Waals surface area contributed by atoms with Gasteiger partial charge in [0.2, 0.25) is 0 Å². The number of carbonyl (C=O) groups excluding carboxylic acids is 1. The molecule has 1 saturated heterocycles. The maximum atomic E-state index is 12.7. The number of rotatable bonds is 8. The predicted molar refractivity (Wildman–Crippen MR) is 127 cm³/mol. The third kappa shape index (κ3) is 5.57. The highest BCUT2D eigenvalue weighted by molar-refractivity contribution is 7.14. The molecule has 0 aliphatic carbocycles. The summed E-state index contributed by atoms with van der Waals surface area (Å²) in [4.78, 5) is 19.6. The molecule has 1 amide bonds. The van der Waals surface area contributed by atoms with Gasteiger partial charge in [0.15, 0.2) is 16.6 Å². The van der Waals surface area contributed by atoms with Crippen LogP contribution in [0.5, 0.6) is 11.5 Å². The molecule has 1 aromatic heterocycles. The first-order chi connectivity index (χ1) is 15.6. The largest absolute Gasteiger partial charge is 0.493 e. The zero-order chi connectivity index (χ0) is 22.3. The number of benzene rings is 2. The summed E-state index contributed by atoms with van der Waals surface area (Å²) >= 11 is 1.40. The summed E-state index contributed by atoms with van der Waals surface area (Å²) in [6.07, 6.45) is 1.89. The van der Waals surface area contributed by atoms with Gasteiger partial charge in [-0.25, -0.2) is 4.98 Å². The number of ether oxygens (including phenoxy) is 2. The summed E-state index contributed by atoms with van der Waals surface area (Å²) in [6.45, 7) is 2.91. The molecule has 3 aromatic rings. The van der Waals surface area contributed by atoms with Crippen molar-refractivity contribution in [2.75, 3.05) is 32.6 Å². The molecule has 1 aliphatic rings. The number of hydrogen-bond donors (Lipinski definition) is 2. The number of thiazole rings is 1. The SMILES string of the molecule is COc1ccc(Nc2nc(C(=O)NC3CCN(Cc4ccccc4)CC3)cs2)cc1OC. The topological polar surface area (TPSA) is 75.7 Å². The van der Waals surface area contributed by atoms with Crippen LogP contribution in [0.4, 0.5) is 10.8 Å². The lowest BCUT2D eigenvalue weighted by Gasteiger charge is -2.32. The molecule has 0 atom stereocenters. The highest BCUT2D eigenvalue weighted by Crippen LogP contribution is 2.31. The van der Waals surface area contributed by atoms with E-state index in [2.05, 4.69) is 44.8 Å². The van der Waals surface area contributed by atoms with Crippen LogP contribution in [0, 0.1) is 0 Å². The molecule has 0 unspecified atom stereocenters. The number of hydrogen-bond acceptors (Lipinski definition) is 7. The van der Waals surface area contributed by atoms with Gasteiger partial charge in [-0.2, -0.15) is 0 Å². The molecule has 168 valence electrons. The first-order valence-electron chi connectivity index (χ1n) is 10.7. The lowest BCUT2D eigenvalue weighted by molar-refractivity contribution is 0.0904. The van der Waals surface area contributed by atoms with Gasteiger partial charge in [-0.3, -0.25) is 9.69 Å². The molecule has 0 radical (unpaired) electrons. The van der Waals surface area contributed by atoms with Crippen LogP contribution in [0.1, 0.15) is 28.9 Å². The smallest absolute Gasteiger partial charge is 0.271 e. The second-order valence-electron chi connectivity index (χ2n) is 7.74. The van der Waals surface area contributed by atoms with Crippen molar-refractivity contribution in [3.05, 3.63) is 65.2 Å². The van der Waals surface area contributed by atoms with Gasteiger partial charge in [-0.1, -0.05) is 30.3 Å². The molecule has 2 N–H and O–H groups in total. The number of anilines is 2. The fourth-order valence-electron chi connectivity index (χ4n) is 3.81. The molecule has 2 heterocycles. The van der Waals surface area contributed by atoms with Gasteiger partial charge in [0.25, 0.3) is 5.91 Å². The fraction of sp³-hybridized carbons (Fsp3) is 0.333. The van der Waals surface area contributed by atoms with E-state index in [9.17, 15) is 4.79 Å². The standard InChI is InChI=1S/C24H28N4O3S/c1-30-21-9-8-19(14-22(21)31-2)26-24-27-20(16-32-24)23(29)25-18-10-12-28(13-11-18)15-17-6-4-3-5-7-17/h3-9,14,16,18H,10-13,15H2,1-2H3,(H,25,29)(H,26,27). The Morgan fingerprint density at radius 2 is 1.84 bits per heavy atom. The molecular weight excluding hydrogens is 424 g/mol. The van der Waals surface area contributed by atoms with Crippen molar-refractivity contribution < 1.29 is 14.3 Å². The number of likely N-dealkylation sites (tertiary alicyclic amines) is 1. The van der Waals surface area contributed by atoms with E-state index in [1.54, 1.807) is 19.6 Å². The monoisotopic (exact) mass is 452 g/mol. The molecule has 2 aromatic carbocycles. The molecule has 1 fully saturated rings. The average Bonchev–Trinajstić information content (AvgIpc) is 3.29. The maximum Gasteiger partial charge on any atom is 0.271 e. The zero-order valence-electron chi connectivity index (χ0n) is 18.3. The Labute approximate surface area is 192 Å². The van der Waals surface area contributed by atoms with E-state index < -0.39 is 0 Å². The minimum atomic E-state index is -0.122. The van der Waals surface area contributed by atoms with Crippen LogP contribution < -0.4 is 20.1 Å². The van der Waals surface area contributed by atoms with E-state index in [0.29, 0.717) is 22.3 Å². The Morgan fingerprint density at radius 3 is 2.56 bits per heavy atom. The van der Waals surface area contributed by atoms with Crippen molar-refractivity contribution in [1.82, 2.24) is 15.2 Å². The maximum absolute atomic E-state index is 12.7. The zero-order valence-corrected chi connectivity index (χ0v) is 19.2. The van der Waals surface area contributed by atoms with Crippen LogP contribution in [-0.4, -0.2) is 49.1 Å². The first kappa shape index (κ1) is 22.1. The Bertz CT molecular complexity index is 1030. The molecule has 4 rings (SSSR count). The number of aromatic nitrogens is 1. The summed E-state index contributed by atoms with van der Waals surface area (Å²) in [5.74, 6) is 1.17. The number of methoxy groups -OCH3 is 2. The van der Waals surface area contributed by atoms with Crippen molar-refractivity contribution in [2.45, 2.75) is 25.4 Å². The van der Waals surface area contributed by atoms with Crippen molar-refractivity contribution in [3.8, 4) is 11.5 Å². The van der Waals surface area contributed by atoms with Gasteiger partial charge in [0, 0.05) is 42.8 Å². The van der Waals surface area contributed by atoms with Gasteiger partial charge in [-0.15, -0.1) is 11.3 Å².